The van der Waals surface area contributed by atoms with Crippen LogP contribution in [0.4, 0.5) is 0 Å². The summed E-state index contributed by atoms with van der Waals surface area (Å²) < 4.78 is 2.38. The molecule has 20 heavy (non-hydrogen) atoms. The summed E-state index contributed by atoms with van der Waals surface area (Å²) in [6.07, 6.45) is -0.489. The monoisotopic (exact) mass is 285 g/mol. The predicted octanol–water partition coefficient (Wildman–Crippen LogP) is -1.88. The normalized spacial score (nSPS) is 14.0. The largest absolute Gasteiger partial charge is 0.392 e. The third kappa shape index (κ3) is 3.34. The quantitative estimate of drug-likeness (QED) is 0.595. The molecule has 0 saturated carbocycles. The Hall–Kier alpha value is -1.93. The third-order valence-corrected chi connectivity index (χ3v) is 2.59. The van der Waals surface area contributed by atoms with Gasteiger partial charge in [-0.3, -0.25) is 0 Å². The maximum absolute atomic E-state index is 12.1. The van der Waals surface area contributed by atoms with Gasteiger partial charge in [0.2, 0.25) is 0 Å². The lowest BCUT2D eigenvalue weighted by Gasteiger charge is -2.14. The van der Waals surface area contributed by atoms with Crippen LogP contribution in [0.25, 0.3) is 0 Å². The fourth-order valence-corrected chi connectivity index (χ4v) is 1.81. The molecule has 0 aliphatic heterocycles. The zero-order valence-electron chi connectivity index (χ0n) is 11.5. The van der Waals surface area contributed by atoms with E-state index >= 15 is 0 Å². The Morgan fingerprint density at radius 3 is 1.60 bits per heavy atom. The molecule has 2 N–H and O–H groups in total. The Bertz CT molecular complexity index is 602. The summed E-state index contributed by atoms with van der Waals surface area (Å²) in [4.78, 5) is 36.2. The van der Waals surface area contributed by atoms with Crippen LogP contribution in [0.2, 0.25) is 0 Å². The lowest BCUT2D eigenvalue weighted by atomic mass is 10.4. The number of nitrogens with zero attached hydrogens (tertiary/aromatic N) is 3. The first-order valence-electron chi connectivity index (χ1n) is 6.21. The fourth-order valence-electron chi connectivity index (χ4n) is 1.81. The molecule has 8 heteroatoms. The number of aromatic nitrogens is 3. The second kappa shape index (κ2) is 6.49. The highest BCUT2D eigenvalue weighted by molar-refractivity contribution is 4.83. The van der Waals surface area contributed by atoms with Gasteiger partial charge in [-0.15, -0.1) is 6.58 Å². The van der Waals surface area contributed by atoms with E-state index in [4.69, 9.17) is 0 Å². The van der Waals surface area contributed by atoms with Gasteiger partial charge in [-0.25, -0.2) is 28.1 Å². The summed E-state index contributed by atoms with van der Waals surface area (Å²) in [5, 5.41) is 18.7. The average Bonchev–Trinajstić information content (AvgIpc) is 2.35. The van der Waals surface area contributed by atoms with E-state index in [9.17, 15) is 24.6 Å². The van der Waals surface area contributed by atoms with Gasteiger partial charge in [0.1, 0.15) is 0 Å². The summed E-state index contributed by atoms with van der Waals surface area (Å²) >= 11 is 0. The second-order valence-corrected chi connectivity index (χ2v) is 4.67. The molecule has 2 atom stereocenters. The smallest absolute Gasteiger partial charge is 0.336 e. The van der Waals surface area contributed by atoms with E-state index in [2.05, 4.69) is 6.58 Å². The van der Waals surface area contributed by atoms with Crippen molar-refractivity contribution in [3.8, 4) is 0 Å². The Morgan fingerprint density at radius 1 is 0.950 bits per heavy atom. The third-order valence-electron chi connectivity index (χ3n) is 2.59. The summed E-state index contributed by atoms with van der Waals surface area (Å²) in [7, 11) is 0. The highest BCUT2D eigenvalue weighted by Crippen LogP contribution is 1.86. The first-order valence-corrected chi connectivity index (χ1v) is 6.21. The van der Waals surface area contributed by atoms with Gasteiger partial charge in [-0.05, 0) is 13.8 Å². The van der Waals surface area contributed by atoms with E-state index < -0.39 is 29.3 Å². The van der Waals surface area contributed by atoms with Crippen LogP contribution in [-0.4, -0.2) is 36.1 Å². The summed E-state index contributed by atoms with van der Waals surface area (Å²) in [6.45, 7) is 5.78. The maximum Gasteiger partial charge on any atom is 0.336 e. The summed E-state index contributed by atoms with van der Waals surface area (Å²) in [5.74, 6) is 0. The van der Waals surface area contributed by atoms with Gasteiger partial charge in [0.05, 0.1) is 31.8 Å². The standard InChI is InChI=1S/C12H19N3O5/c1-4-5-13-10(18)14(6-8(2)16)12(20)15(11(13)19)7-9(3)17/h4,8-9,16-17H,1,5-7H2,2-3H3. The van der Waals surface area contributed by atoms with Gasteiger partial charge in [0.25, 0.3) is 0 Å². The molecule has 8 nitrogen and oxygen atoms in total. The molecule has 0 amide bonds. The number of hydrogen-bond acceptors (Lipinski definition) is 5. The topological polar surface area (TPSA) is 106 Å². The molecule has 1 heterocycles. The van der Waals surface area contributed by atoms with E-state index in [1.807, 2.05) is 0 Å². The Labute approximate surface area is 114 Å². The van der Waals surface area contributed by atoms with Crippen molar-refractivity contribution in [2.75, 3.05) is 0 Å². The molecular weight excluding hydrogens is 266 g/mol. The number of aliphatic hydroxyl groups excluding tert-OH is 2. The van der Waals surface area contributed by atoms with Crippen LogP contribution in [0.1, 0.15) is 13.8 Å². The summed E-state index contributed by atoms with van der Waals surface area (Å²) in [5.41, 5.74) is -2.45. The van der Waals surface area contributed by atoms with Crippen LogP contribution in [0.15, 0.2) is 27.0 Å². The molecule has 112 valence electrons. The van der Waals surface area contributed by atoms with Crippen LogP contribution < -0.4 is 17.1 Å². The predicted molar refractivity (Wildman–Crippen MR) is 72.8 cm³/mol. The van der Waals surface area contributed by atoms with Crippen molar-refractivity contribution in [1.29, 1.82) is 0 Å². The minimum atomic E-state index is -0.921. The Kier molecular flexibility index (Phi) is 5.23. The fraction of sp³-hybridized carbons (Fsp3) is 0.583. The van der Waals surface area contributed by atoms with E-state index in [0.717, 1.165) is 13.7 Å². The number of allylic oxidation sites excluding steroid dienone is 1. The first kappa shape index (κ1) is 16.1. The molecule has 0 radical (unpaired) electrons. The van der Waals surface area contributed by atoms with Crippen molar-refractivity contribution in [3.63, 3.8) is 0 Å². The maximum atomic E-state index is 12.1. The van der Waals surface area contributed by atoms with Crippen LogP contribution in [-0.2, 0) is 19.6 Å². The van der Waals surface area contributed by atoms with Crippen molar-refractivity contribution in [2.45, 2.75) is 45.7 Å². The van der Waals surface area contributed by atoms with Gasteiger partial charge >= 0.3 is 17.1 Å². The van der Waals surface area contributed by atoms with E-state index in [-0.39, 0.29) is 19.6 Å². The molecule has 2 unspecified atom stereocenters. The molecule has 0 aromatic carbocycles. The molecule has 0 bridgehead atoms. The summed E-state index contributed by atoms with van der Waals surface area (Å²) in [6, 6.07) is 0. The average molecular weight is 285 g/mol. The molecule has 0 spiro atoms. The van der Waals surface area contributed by atoms with Crippen molar-refractivity contribution in [1.82, 2.24) is 13.7 Å². The minimum absolute atomic E-state index is 0.0580. The van der Waals surface area contributed by atoms with Crippen molar-refractivity contribution in [2.24, 2.45) is 0 Å². The van der Waals surface area contributed by atoms with Gasteiger partial charge in [-0.1, -0.05) is 6.08 Å². The molecule has 0 fully saturated rings. The van der Waals surface area contributed by atoms with E-state index in [0.29, 0.717) is 0 Å². The van der Waals surface area contributed by atoms with Crippen LogP contribution in [0.5, 0.6) is 0 Å². The van der Waals surface area contributed by atoms with Crippen molar-refractivity contribution < 1.29 is 10.2 Å². The molecule has 0 aliphatic rings. The van der Waals surface area contributed by atoms with E-state index in [1.165, 1.54) is 19.9 Å². The van der Waals surface area contributed by atoms with E-state index in [1.54, 1.807) is 0 Å². The Morgan fingerprint density at radius 2 is 1.30 bits per heavy atom. The van der Waals surface area contributed by atoms with Crippen molar-refractivity contribution in [3.05, 3.63) is 44.1 Å². The lowest BCUT2D eigenvalue weighted by molar-refractivity contribution is 0.156. The van der Waals surface area contributed by atoms with Crippen LogP contribution in [0.3, 0.4) is 0 Å². The zero-order valence-corrected chi connectivity index (χ0v) is 11.5. The lowest BCUT2D eigenvalue weighted by Crippen LogP contribution is -2.56. The second-order valence-electron chi connectivity index (χ2n) is 4.67. The van der Waals surface area contributed by atoms with Gasteiger partial charge in [0, 0.05) is 0 Å². The van der Waals surface area contributed by atoms with Gasteiger partial charge < -0.3 is 10.2 Å². The molecule has 1 aromatic rings. The minimum Gasteiger partial charge on any atom is -0.392 e. The highest BCUT2D eigenvalue weighted by Gasteiger charge is 2.16. The SMILES string of the molecule is C=CCn1c(=O)n(CC(C)O)c(=O)n(CC(C)O)c1=O. The van der Waals surface area contributed by atoms with Crippen molar-refractivity contribution >= 4 is 0 Å². The number of aliphatic hydroxyl groups is 2. The van der Waals surface area contributed by atoms with Crippen LogP contribution in [0, 0.1) is 0 Å². The first-order chi connectivity index (χ1) is 9.29. The molecule has 1 aromatic heterocycles. The Balaban J connectivity index is 3.64. The molecule has 0 aliphatic carbocycles. The zero-order chi connectivity index (χ0) is 15.4. The van der Waals surface area contributed by atoms with Gasteiger partial charge in [-0.2, -0.15) is 0 Å². The molecule has 0 saturated heterocycles. The number of rotatable bonds is 6. The van der Waals surface area contributed by atoms with Gasteiger partial charge in [0.15, 0.2) is 0 Å². The number of hydrogen-bond donors (Lipinski definition) is 2. The molecule has 1 rings (SSSR count). The molecular formula is C12H19N3O5. The highest BCUT2D eigenvalue weighted by atomic mass is 16.3. The van der Waals surface area contributed by atoms with Crippen LogP contribution >= 0.6 is 0 Å².